The zero-order valence-corrected chi connectivity index (χ0v) is 16.7. The molecule has 1 fully saturated rings. The monoisotopic (exact) mass is 443 g/mol. The molecule has 2 aromatic rings. The number of nitro groups is 1. The van der Waals surface area contributed by atoms with Gasteiger partial charge in [0.15, 0.2) is 0 Å². The second-order valence-electron chi connectivity index (χ2n) is 6.05. The van der Waals surface area contributed by atoms with Crippen LogP contribution in [-0.4, -0.2) is 54.6 Å². The molecule has 0 unspecified atom stereocenters. The normalized spacial score (nSPS) is 15.4. The molecule has 0 aromatic heterocycles. The number of rotatable bonds is 4. The zero-order chi connectivity index (χ0) is 20.5. The third-order valence-electron chi connectivity index (χ3n) is 4.37. The minimum Gasteiger partial charge on any atom is -0.336 e. The first-order valence-corrected chi connectivity index (χ1v) is 10.4. The van der Waals surface area contributed by atoms with Gasteiger partial charge >= 0.3 is 0 Å². The molecular weight excluding hydrogens is 429 g/mol. The molecule has 1 aliphatic rings. The van der Waals surface area contributed by atoms with Crippen LogP contribution in [0.1, 0.15) is 10.4 Å². The summed E-state index contributed by atoms with van der Waals surface area (Å²) in [6, 6.07) is 9.64. The van der Waals surface area contributed by atoms with Gasteiger partial charge in [0.2, 0.25) is 10.0 Å². The number of hydrogen-bond donors (Lipinski definition) is 0. The van der Waals surface area contributed by atoms with Crippen LogP contribution in [0.3, 0.4) is 0 Å². The highest BCUT2D eigenvalue weighted by Gasteiger charge is 2.31. The highest BCUT2D eigenvalue weighted by atomic mass is 35.5. The van der Waals surface area contributed by atoms with Crippen molar-refractivity contribution in [3.8, 4) is 0 Å². The van der Waals surface area contributed by atoms with E-state index in [-0.39, 0.29) is 58.3 Å². The lowest BCUT2D eigenvalue weighted by Crippen LogP contribution is -2.50. The molecule has 28 heavy (non-hydrogen) atoms. The number of carbonyl (C=O) groups is 1. The number of piperazine rings is 1. The van der Waals surface area contributed by atoms with Gasteiger partial charge in [-0.05, 0) is 18.2 Å². The van der Waals surface area contributed by atoms with Crippen molar-refractivity contribution in [1.82, 2.24) is 9.21 Å². The fourth-order valence-corrected chi connectivity index (χ4v) is 4.72. The van der Waals surface area contributed by atoms with E-state index in [1.807, 2.05) is 0 Å². The number of benzene rings is 2. The van der Waals surface area contributed by atoms with Gasteiger partial charge in [0.25, 0.3) is 11.6 Å². The van der Waals surface area contributed by atoms with Gasteiger partial charge in [-0.25, -0.2) is 8.42 Å². The summed E-state index contributed by atoms with van der Waals surface area (Å²) >= 11 is 12.0. The second kappa shape index (κ2) is 8.04. The molecule has 0 radical (unpaired) electrons. The summed E-state index contributed by atoms with van der Waals surface area (Å²) in [4.78, 5) is 24.2. The van der Waals surface area contributed by atoms with Crippen molar-refractivity contribution in [2.45, 2.75) is 4.90 Å². The third-order valence-corrected chi connectivity index (χ3v) is 7.09. The maximum Gasteiger partial charge on any atom is 0.270 e. The molecule has 8 nitrogen and oxygen atoms in total. The number of halogens is 2. The van der Waals surface area contributed by atoms with E-state index in [2.05, 4.69) is 0 Å². The maximum absolute atomic E-state index is 12.8. The van der Waals surface area contributed by atoms with E-state index in [1.165, 1.54) is 27.4 Å². The molecule has 2 aromatic carbocycles. The first-order valence-electron chi connectivity index (χ1n) is 8.19. The summed E-state index contributed by atoms with van der Waals surface area (Å²) in [6.07, 6.45) is 0. The van der Waals surface area contributed by atoms with Crippen LogP contribution in [0.5, 0.6) is 0 Å². The molecule has 0 spiro atoms. The van der Waals surface area contributed by atoms with Crippen LogP contribution in [-0.2, 0) is 10.0 Å². The Morgan fingerprint density at radius 1 is 1.04 bits per heavy atom. The highest BCUT2D eigenvalue weighted by Crippen LogP contribution is 2.27. The fraction of sp³-hybridized carbons (Fsp3) is 0.235. The number of non-ortho nitro benzene ring substituents is 1. The van der Waals surface area contributed by atoms with Crippen molar-refractivity contribution >= 4 is 44.8 Å². The third kappa shape index (κ3) is 3.97. The molecule has 0 N–H and O–H groups in total. The van der Waals surface area contributed by atoms with Crippen molar-refractivity contribution < 1.29 is 18.1 Å². The quantitative estimate of drug-likeness (QED) is 0.533. The van der Waals surface area contributed by atoms with Crippen molar-refractivity contribution in [2.24, 2.45) is 0 Å². The standard InChI is InChI=1S/C17H15Cl2N3O5S/c18-15-6-2-5-14(16(15)19)17(23)20-7-9-21(10-8-20)28(26,27)13-4-1-3-12(11-13)22(24)25/h1-6,11H,7-10H2. The van der Waals surface area contributed by atoms with Gasteiger partial charge in [0.05, 0.1) is 25.4 Å². The Labute approximate surface area is 171 Å². The SMILES string of the molecule is O=C(c1cccc(Cl)c1Cl)N1CCN(S(=O)(=O)c2cccc([N+](=O)[O-])c2)CC1. The lowest BCUT2D eigenvalue weighted by molar-refractivity contribution is -0.385. The largest absolute Gasteiger partial charge is 0.336 e. The maximum atomic E-state index is 12.8. The second-order valence-corrected chi connectivity index (χ2v) is 8.78. The van der Waals surface area contributed by atoms with Crippen LogP contribution in [0, 0.1) is 10.1 Å². The summed E-state index contributed by atoms with van der Waals surface area (Å²) in [5.41, 5.74) is -0.0466. The molecule has 0 bridgehead atoms. The van der Waals surface area contributed by atoms with Crippen LogP contribution in [0.25, 0.3) is 0 Å². The summed E-state index contributed by atoms with van der Waals surface area (Å²) in [6.45, 7) is 0.454. The van der Waals surface area contributed by atoms with Crippen LogP contribution >= 0.6 is 23.2 Å². The van der Waals surface area contributed by atoms with Gasteiger partial charge < -0.3 is 4.90 Å². The number of sulfonamides is 1. The first kappa shape index (κ1) is 20.5. The topological polar surface area (TPSA) is 101 Å². The van der Waals surface area contributed by atoms with Crippen molar-refractivity contribution in [3.63, 3.8) is 0 Å². The Bertz CT molecular complexity index is 1040. The van der Waals surface area contributed by atoms with Crippen molar-refractivity contribution in [1.29, 1.82) is 0 Å². The van der Waals surface area contributed by atoms with Crippen LogP contribution in [0.2, 0.25) is 10.0 Å². The van der Waals surface area contributed by atoms with Crippen LogP contribution < -0.4 is 0 Å². The molecule has 3 rings (SSSR count). The lowest BCUT2D eigenvalue weighted by Gasteiger charge is -2.34. The van der Waals surface area contributed by atoms with Gasteiger partial charge in [0.1, 0.15) is 0 Å². The Balaban J connectivity index is 1.74. The van der Waals surface area contributed by atoms with E-state index in [9.17, 15) is 23.3 Å². The van der Waals surface area contributed by atoms with E-state index < -0.39 is 14.9 Å². The van der Waals surface area contributed by atoms with Crippen molar-refractivity contribution in [3.05, 3.63) is 68.2 Å². The van der Waals surface area contributed by atoms with E-state index in [1.54, 1.807) is 18.2 Å². The molecule has 11 heteroatoms. The minimum absolute atomic E-state index is 0.0644. The molecule has 148 valence electrons. The number of amides is 1. The van der Waals surface area contributed by atoms with Crippen molar-refractivity contribution in [2.75, 3.05) is 26.2 Å². The van der Waals surface area contributed by atoms with Crippen LogP contribution in [0.4, 0.5) is 5.69 Å². The molecule has 0 atom stereocenters. The molecule has 1 heterocycles. The predicted molar refractivity (Wildman–Crippen MR) is 104 cm³/mol. The van der Waals surface area contributed by atoms with E-state index in [4.69, 9.17) is 23.2 Å². The van der Waals surface area contributed by atoms with Gasteiger partial charge in [-0.2, -0.15) is 4.31 Å². The Morgan fingerprint density at radius 3 is 2.32 bits per heavy atom. The molecular formula is C17H15Cl2N3O5S. The van der Waals surface area contributed by atoms with Gasteiger partial charge in [-0.1, -0.05) is 35.3 Å². The van der Waals surface area contributed by atoms with E-state index in [0.717, 1.165) is 6.07 Å². The highest BCUT2D eigenvalue weighted by molar-refractivity contribution is 7.89. The molecule has 1 saturated heterocycles. The smallest absolute Gasteiger partial charge is 0.270 e. The Kier molecular flexibility index (Phi) is 5.90. The van der Waals surface area contributed by atoms with Gasteiger partial charge in [-0.3, -0.25) is 14.9 Å². The molecule has 1 aliphatic heterocycles. The Morgan fingerprint density at radius 2 is 1.68 bits per heavy atom. The lowest BCUT2D eigenvalue weighted by atomic mass is 10.2. The summed E-state index contributed by atoms with van der Waals surface area (Å²) in [5, 5.41) is 11.3. The number of carbonyl (C=O) groups excluding carboxylic acids is 1. The molecule has 1 amide bonds. The first-order chi connectivity index (χ1) is 13.2. The predicted octanol–water partition coefficient (Wildman–Crippen LogP) is 3.05. The number of nitrogens with zero attached hydrogens (tertiary/aromatic N) is 3. The molecule has 0 aliphatic carbocycles. The number of nitro benzene ring substituents is 1. The number of hydrogen-bond acceptors (Lipinski definition) is 5. The zero-order valence-electron chi connectivity index (χ0n) is 14.4. The average molecular weight is 444 g/mol. The average Bonchev–Trinajstić information content (AvgIpc) is 2.69. The molecule has 0 saturated carbocycles. The summed E-state index contributed by atoms with van der Waals surface area (Å²) < 4.78 is 26.7. The van der Waals surface area contributed by atoms with Crippen LogP contribution in [0.15, 0.2) is 47.4 Å². The van der Waals surface area contributed by atoms with Gasteiger partial charge in [0, 0.05) is 38.3 Å². The summed E-state index contributed by atoms with van der Waals surface area (Å²) in [5.74, 6) is -0.333. The van der Waals surface area contributed by atoms with E-state index in [0.29, 0.717) is 0 Å². The fourth-order valence-electron chi connectivity index (χ4n) is 2.88. The van der Waals surface area contributed by atoms with Gasteiger partial charge in [-0.15, -0.1) is 0 Å². The summed E-state index contributed by atoms with van der Waals surface area (Å²) in [7, 11) is -3.90. The van der Waals surface area contributed by atoms with E-state index >= 15 is 0 Å². The minimum atomic E-state index is -3.90. The Hall–Kier alpha value is -2.20.